The van der Waals surface area contributed by atoms with Crippen molar-refractivity contribution in [2.45, 2.75) is 37.0 Å². The van der Waals surface area contributed by atoms with Crippen LogP contribution in [0.25, 0.3) is 0 Å². The molecule has 2 N–H and O–H groups in total. The molecule has 1 heterocycles. The molecular formula is C10H20ClNO3. The largest absolute Gasteiger partial charge is 0.382 e. The molecule has 1 aliphatic heterocycles. The van der Waals surface area contributed by atoms with E-state index in [-0.39, 0.29) is 17.9 Å². The van der Waals surface area contributed by atoms with Crippen molar-refractivity contribution in [3.63, 3.8) is 0 Å². The highest BCUT2D eigenvalue weighted by atomic mass is 35.5. The summed E-state index contributed by atoms with van der Waals surface area (Å²) in [6.07, 6.45) is 3.96. The Morgan fingerprint density at radius 3 is 2.80 bits per heavy atom. The van der Waals surface area contributed by atoms with Crippen molar-refractivity contribution in [2.24, 2.45) is 5.73 Å². The Hall–Kier alpha value is 0.130. The number of hydrogen-bond acceptors (Lipinski definition) is 4. The van der Waals surface area contributed by atoms with Gasteiger partial charge in [0.25, 0.3) is 0 Å². The summed E-state index contributed by atoms with van der Waals surface area (Å²) in [4.78, 5) is 0. The van der Waals surface area contributed by atoms with Gasteiger partial charge in [0.05, 0.1) is 25.4 Å². The minimum absolute atomic E-state index is 0. The van der Waals surface area contributed by atoms with Crippen molar-refractivity contribution in [2.75, 3.05) is 26.9 Å². The fraction of sp³-hybridized carbons (Fsp3) is 1.00. The molecule has 0 unspecified atom stereocenters. The highest BCUT2D eigenvalue weighted by Crippen LogP contribution is 2.47. The van der Waals surface area contributed by atoms with Crippen molar-refractivity contribution < 1.29 is 14.2 Å². The normalized spacial score (nSPS) is 38.8. The molecule has 1 aliphatic carbocycles. The minimum atomic E-state index is -0.508. The Morgan fingerprint density at radius 2 is 2.07 bits per heavy atom. The number of methoxy groups -OCH3 is 1. The van der Waals surface area contributed by atoms with E-state index >= 15 is 0 Å². The third-order valence-corrected chi connectivity index (χ3v) is 3.39. The first-order valence-corrected chi connectivity index (χ1v) is 5.28. The maximum absolute atomic E-state index is 6.29. The zero-order valence-electron chi connectivity index (χ0n) is 9.16. The van der Waals surface area contributed by atoms with Crippen LogP contribution >= 0.6 is 12.4 Å². The summed E-state index contributed by atoms with van der Waals surface area (Å²) in [5.74, 6) is -0.508. The van der Waals surface area contributed by atoms with Crippen LogP contribution in [0.5, 0.6) is 0 Å². The Labute approximate surface area is 96.8 Å². The van der Waals surface area contributed by atoms with Gasteiger partial charge in [-0.3, -0.25) is 0 Å². The lowest BCUT2D eigenvalue weighted by molar-refractivity contribution is -0.230. The van der Waals surface area contributed by atoms with Crippen molar-refractivity contribution in [3.05, 3.63) is 0 Å². The van der Waals surface area contributed by atoms with Crippen LogP contribution in [0.15, 0.2) is 0 Å². The van der Waals surface area contributed by atoms with Crippen LogP contribution in [-0.4, -0.2) is 38.3 Å². The van der Waals surface area contributed by atoms with Crippen LogP contribution in [0.3, 0.4) is 0 Å². The standard InChI is InChI=1S/C10H19NO3.ClH/c1-12-7-8-14-10-4-2-3-9(10,11)5-6-13-10;/h2-8,11H2,1H3;1H/t9-,10-;/m0./s1. The summed E-state index contributed by atoms with van der Waals surface area (Å²) in [6.45, 7) is 1.89. The van der Waals surface area contributed by atoms with E-state index in [1.165, 1.54) is 0 Å². The second-order valence-corrected chi connectivity index (χ2v) is 4.20. The molecule has 4 nitrogen and oxygen atoms in total. The molecule has 0 bridgehead atoms. The zero-order chi connectivity index (χ0) is 10.1. The molecule has 5 heteroatoms. The van der Waals surface area contributed by atoms with E-state index in [9.17, 15) is 0 Å². The molecule has 2 aliphatic rings. The Bertz CT molecular complexity index is 203. The number of ether oxygens (including phenoxy) is 3. The quantitative estimate of drug-likeness (QED) is 0.744. The van der Waals surface area contributed by atoms with E-state index in [1.807, 2.05) is 0 Å². The lowest BCUT2D eigenvalue weighted by atomic mass is 9.92. The highest BCUT2D eigenvalue weighted by molar-refractivity contribution is 5.85. The van der Waals surface area contributed by atoms with Gasteiger partial charge in [-0.1, -0.05) is 0 Å². The van der Waals surface area contributed by atoms with Crippen molar-refractivity contribution >= 4 is 12.4 Å². The minimum Gasteiger partial charge on any atom is -0.382 e. The van der Waals surface area contributed by atoms with E-state index in [0.29, 0.717) is 13.2 Å². The van der Waals surface area contributed by atoms with Crippen LogP contribution in [0, 0.1) is 0 Å². The van der Waals surface area contributed by atoms with Gasteiger partial charge >= 0.3 is 0 Å². The van der Waals surface area contributed by atoms with Crippen LogP contribution in [0.4, 0.5) is 0 Å². The molecule has 0 amide bonds. The molecule has 1 saturated carbocycles. The maximum atomic E-state index is 6.29. The van der Waals surface area contributed by atoms with Gasteiger partial charge in [-0.2, -0.15) is 0 Å². The first-order valence-electron chi connectivity index (χ1n) is 5.28. The van der Waals surface area contributed by atoms with Crippen molar-refractivity contribution in [1.82, 2.24) is 0 Å². The molecule has 90 valence electrons. The third kappa shape index (κ3) is 2.15. The summed E-state index contributed by atoms with van der Waals surface area (Å²) in [5, 5.41) is 0. The molecule has 1 saturated heterocycles. The second-order valence-electron chi connectivity index (χ2n) is 4.20. The molecule has 0 aromatic heterocycles. The van der Waals surface area contributed by atoms with Gasteiger partial charge in [0.2, 0.25) is 0 Å². The number of hydrogen-bond donors (Lipinski definition) is 1. The van der Waals surface area contributed by atoms with Crippen molar-refractivity contribution in [1.29, 1.82) is 0 Å². The monoisotopic (exact) mass is 237 g/mol. The van der Waals surface area contributed by atoms with Gasteiger partial charge in [0.15, 0.2) is 5.79 Å². The van der Waals surface area contributed by atoms with Crippen molar-refractivity contribution in [3.8, 4) is 0 Å². The average Bonchev–Trinajstić information content (AvgIpc) is 2.58. The topological polar surface area (TPSA) is 53.7 Å². The summed E-state index contributed by atoms with van der Waals surface area (Å²) in [5.41, 5.74) is 6.04. The summed E-state index contributed by atoms with van der Waals surface area (Å²) in [7, 11) is 1.67. The summed E-state index contributed by atoms with van der Waals surface area (Å²) < 4.78 is 16.5. The van der Waals surface area contributed by atoms with Gasteiger partial charge in [-0.05, 0) is 19.3 Å². The van der Waals surface area contributed by atoms with Crippen LogP contribution < -0.4 is 5.73 Å². The molecular weight excluding hydrogens is 218 g/mol. The third-order valence-electron chi connectivity index (χ3n) is 3.39. The molecule has 0 radical (unpaired) electrons. The van der Waals surface area contributed by atoms with E-state index < -0.39 is 5.79 Å². The van der Waals surface area contributed by atoms with Gasteiger partial charge in [0, 0.05) is 13.5 Å². The van der Waals surface area contributed by atoms with Gasteiger partial charge in [0.1, 0.15) is 0 Å². The number of fused-ring (bicyclic) bond motifs is 1. The van der Waals surface area contributed by atoms with E-state index in [4.69, 9.17) is 19.9 Å². The number of halogens is 1. The summed E-state index contributed by atoms with van der Waals surface area (Å²) in [6, 6.07) is 0. The van der Waals surface area contributed by atoms with E-state index in [1.54, 1.807) is 7.11 Å². The maximum Gasteiger partial charge on any atom is 0.186 e. The zero-order valence-corrected chi connectivity index (χ0v) is 9.98. The predicted molar refractivity (Wildman–Crippen MR) is 59.1 cm³/mol. The molecule has 0 spiro atoms. The number of nitrogens with two attached hydrogens (primary N) is 1. The highest BCUT2D eigenvalue weighted by Gasteiger charge is 2.58. The molecule has 2 fully saturated rings. The molecule has 2 rings (SSSR count). The van der Waals surface area contributed by atoms with Gasteiger partial charge < -0.3 is 19.9 Å². The van der Waals surface area contributed by atoms with E-state index in [0.717, 1.165) is 32.3 Å². The number of rotatable bonds is 4. The lowest BCUT2D eigenvalue weighted by Crippen LogP contribution is -2.55. The average molecular weight is 238 g/mol. The van der Waals surface area contributed by atoms with Crippen LogP contribution in [-0.2, 0) is 14.2 Å². The summed E-state index contributed by atoms with van der Waals surface area (Å²) >= 11 is 0. The first-order chi connectivity index (χ1) is 6.72. The fourth-order valence-electron chi connectivity index (χ4n) is 2.55. The van der Waals surface area contributed by atoms with Crippen LogP contribution in [0.2, 0.25) is 0 Å². The SMILES string of the molecule is COCCO[C@@]12CCC[C@]1(N)CCO2.Cl. The Balaban J connectivity index is 0.00000112. The first kappa shape index (κ1) is 13.2. The van der Waals surface area contributed by atoms with Gasteiger partial charge in [-0.25, -0.2) is 0 Å². The fourth-order valence-corrected chi connectivity index (χ4v) is 2.55. The molecule has 0 aromatic carbocycles. The van der Waals surface area contributed by atoms with E-state index in [2.05, 4.69) is 0 Å². The smallest absolute Gasteiger partial charge is 0.186 e. The second kappa shape index (κ2) is 4.97. The van der Waals surface area contributed by atoms with Gasteiger partial charge in [-0.15, -0.1) is 12.4 Å². The Morgan fingerprint density at radius 1 is 1.27 bits per heavy atom. The Kier molecular flexibility index (Phi) is 4.38. The molecule has 2 atom stereocenters. The van der Waals surface area contributed by atoms with Crippen LogP contribution in [0.1, 0.15) is 25.7 Å². The predicted octanol–water partition coefficient (Wildman–Crippen LogP) is 1.07. The molecule has 0 aromatic rings. The molecule has 15 heavy (non-hydrogen) atoms. The lowest BCUT2D eigenvalue weighted by Gasteiger charge is -2.35.